The molecule has 4 heteroatoms. The third kappa shape index (κ3) is 4.40. The predicted octanol–water partition coefficient (Wildman–Crippen LogP) is 5.01. The Labute approximate surface area is 157 Å². The molecule has 1 aromatic heterocycles. The van der Waals surface area contributed by atoms with Crippen LogP contribution in [0.15, 0.2) is 27.4 Å². The molecule has 0 unspecified atom stereocenters. The molecule has 0 atom stereocenters. The molecule has 0 radical (unpaired) electrons. The van der Waals surface area contributed by atoms with Crippen LogP contribution in [0.3, 0.4) is 0 Å². The SMILES string of the molecule is CCCCC1CCN(CCCn2c(=O)oc3c(C(C)C)cccc32)CC1. The van der Waals surface area contributed by atoms with Crippen molar-refractivity contribution in [1.29, 1.82) is 0 Å². The summed E-state index contributed by atoms with van der Waals surface area (Å²) in [6.45, 7) is 10.8. The van der Waals surface area contributed by atoms with E-state index >= 15 is 0 Å². The lowest BCUT2D eigenvalue weighted by Crippen LogP contribution is -2.35. The topological polar surface area (TPSA) is 38.4 Å². The maximum absolute atomic E-state index is 12.3. The second-order valence-corrected chi connectivity index (χ2v) is 8.15. The first-order chi connectivity index (χ1) is 12.6. The van der Waals surface area contributed by atoms with Crippen LogP contribution in [0, 0.1) is 5.92 Å². The normalized spacial score (nSPS) is 16.8. The Hall–Kier alpha value is -1.55. The third-order valence-corrected chi connectivity index (χ3v) is 5.88. The van der Waals surface area contributed by atoms with Crippen LogP contribution in [-0.2, 0) is 6.54 Å². The summed E-state index contributed by atoms with van der Waals surface area (Å²) >= 11 is 0. The van der Waals surface area contributed by atoms with E-state index in [-0.39, 0.29) is 5.76 Å². The molecule has 0 N–H and O–H groups in total. The Bertz CT molecular complexity index is 751. The van der Waals surface area contributed by atoms with Gasteiger partial charge < -0.3 is 9.32 Å². The van der Waals surface area contributed by atoms with Crippen molar-refractivity contribution >= 4 is 11.1 Å². The number of piperidine rings is 1. The van der Waals surface area contributed by atoms with Crippen LogP contribution >= 0.6 is 0 Å². The van der Waals surface area contributed by atoms with Gasteiger partial charge in [0.05, 0.1) is 5.52 Å². The van der Waals surface area contributed by atoms with Gasteiger partial charge in [0, 0.05) is 6.54 Å². The Kier molecular flexibility index (Phi) is 6.58. The van der Waals surface area contributed by atoms with Crippen molar-refractivity contribution in [3.8, 4) is 0 Å². The van der Waals surface area contributed by atoms with Crippen LogP contribution in [-0.4, -0.2) is 29.1 Å². The Morgan fingerprint density at radius 3 is 2.62 bits per heavy atom. The maximum atomic E-state index is 12.3. The van der Waals surface area contributed by atoms with Crippen LogP contribution in [0.1, 0.15) is 70.8 Å². The molecule has 3 rings (SSSR count). The summed E-state index contributed by atoms with van der Waals surface area (Å²) in [6, 6.07) is 6.10. The van der Waals surface area contributed by atoms with E-state index in [9.17, 15) is 4.79 Å². The molecule has 0 aliphatic carbocycles. The van der Waals surface area contributed by atoms with Crippen LogP contribution in [0.25, 0.3) is 11.1 Å². The first kappa shape index (κ1) is 19.2. The van der Waals surface area contributed by atoms with Gasteiger partial charge in [0.15, 0.2) is 5.58 Å². The minimum atomic E-state index is -0.216. The van der Waals surface area contributed by atoms with Crippen molar-refractivity contribution < 1.29 is 4.42 Å². The minimum Gasteiger partial charge on any atom is -0.407 e. The van der Waals surface area contributed by atoms with Crippen LogP contribution in [0.5, 0.6) is 0 Å². The fourth-order valence-electron chi connectivity index (χ4n) is 4.22. The first-order valence-corrected chi connectivity index (χ1v) is 10.4. The molecule has 1 saturated heterocycles. The number of unbranched alkanes of at least 4 members (excludes halogenated alkanes) is 1. The van der Waals surface area contributed by atoms with E-state index in [0.717, 1.165) is 42.1 Å². The smallest absolute Gasteiger partial charge is 0.407 e. The zero-order valence-electron chi connectivity index (χ0n) is 16.7. The highest BCUT2D eigenvalue weighted by Gasteiger charge is 2.19. The number of aromatic nitrogens is 1. The van der Waals surface area contributed by atoms with E-state index in [4.69, 9.17) is 4.42 Å². The van der Waals surface area contributed by atoms with E-state index < -0.39 is 0 Å². The van der Waals surface area contributed by atoms with Crippen molar-refractivity contribution in [2.75, 3.05) is 19.6 Å². The number of fused-ring (bicyclic) bond motifs is 1. The fourth-order valence-corrected chi connectivity index (χ4v) is 4.22. The molecule has 0 saturated carbocycles. The molecule has 26 heavy (non-hydrogen) atoms. The molecule has 2 heterocycles. The molecule has 1 fully saturated rings. The average Bonchev–Trinajstić information content (AvgIpc) is 2.96. The van der Waals surface area contributed by atoms with Crippen molar-refractivity contribution in [3.63, 3.8) is 0 Å². The standard InChI is InChI=1S/C22H34N2O2/c1-4-5-8-18-11-15-23(16-12-18)13-7-14-24-20-10-6-9-19(17(2)3)21(20)26-22(24)25/h6,9-10,17-18H,4-5,7-8,11-16H2,1-3H3. The second-order valence-electron chi connectivity index (χ2n) is 8.15. The van der Waals surface area contributed by atoms with Gasteiger partial charge >= 0.3 is 5.76 Å². The summed E-state index contributed by atoms with van der Waals surface area (Å²) in [7, 11) is 0. The molecule has 2 aromatic rings. The summed E-state index contributed by atoms with van der Waals surface area (Å²) in [5, 5.41) is 0. The van der Waals surface area contributed by atoms with E-state index in [0.29, 0.717) is 5.92 Å². The van der Waals surface area contributed by atoms with Crippen molar-refractivity contribution in [1.82, 2.24) is 9.47 Å². The van der Waals surface area contributed by atoms with Gasteiger partial charge in [-0.1, -0.05) is 52.2 Å². The van der Waals surface area contributed by atoms with Gasteiger partial charge in [-0.2, -0.15) is 0 Å². The molecular weight excluding hydrogens is 324 g/mol. The van der Waals surface area contributed by atoms with E-state index in [1.807, 2.05) is 16.7 Å². The minimum absolute atomic E-state index is 0.216. The van der Waals surface area contributed by atoms with Crippen molar-refractivity contribution in [3.05, 3.63) is 34.3 Å². The monoisotopic (exact) mass is 358 g/mol. The molecule has 1 aliphatic heterocycles. The summed E-state index contributed by atoms with van der Waals surface area (Å²) < 4.78 is 7.39. The fraction of sp³-hybridized carbons (Fsp3) is 0.682. The Morgan fingerprint density at radius 2 is 1.92 bits per heavy atom. The summed E-state index contributed by atoms with van der Waals surface area (Å²) in [5.74, 6) is 1.07. The van der Waals surface area contributed by atoms with Gasteiger partial charge in [-0.15, -0.1) is 0 Å². The second kappa shape index (κ2) is 8.90. The number of oxazole rings is 1. The zero-order chi connectivity index (χ0) is 18.5. The van der Waals surface area contributed by atoms with Gasteiger partial charge in [-0.05, 0) is 62.4 Å². The number of nitrogens with zero attached hydrogens (tertiary/aromatic N) is 2. The van der Waals surface area contributed by atoms with Gasteiger partial charge in [-0.3, -0.25) is 4.57 Å². The number of benzene rings is 1. The number of hydrogen-bond acceptors (Lipinski definition) is 3. The van der Waals surface area contributed by atoms with Crippen molar-refractivity contribution in [2.45, 2.75) is 71.8 Å². The number of para-hydroxylation sites is 1. The lowest BCUT2D eigenvalue weighted by molar-refractivity contribution is 0.173. The average molecular weight is 359 g/mol. The highest BCUT2D eigenvalue weighted by atomic mass is 16.4. The quantitative estimate of drug-likeness (QED) is 0.666. The molecule has 4 nitrogen and oxygen atoms in total. The van der Waals surface area contributed by atoms with Gasteiger partial charge in [-0.25, -0.2) is 4.79 Å². The largest absolute Gasteiger partial charge is 0.419 e. The first-order valence-electron chi connectivity index (χ1n) is 10.4. The Morgan fingerprint density at radius 1 is 1.15 bits per heavy atom. The van der Waals surface area contributed by atoms with Crippen LogP contribution in [0.2, 0.25) is 0 Å². The van der Waals surface area contributed by atoms with E-state index in [1.54, 1.807) is 0 Å². The number of hydrogen-bond donors (Lipinski definition) is 0. The molecule has 0 amide bonds. The number of rotatable bonds is 8. The zero-order valence-corrected chi connectivity index (χ0v) is 16.7. The molecule has 1 aromatic carbocycles. The summed E-state index contributed by atoms with van der Waals surface area (Å²) in [5.41, 5.74) is 2.83. The third-order valence-electron chi connectivity index (χ3n) is 5.88. The lowest BCUT2D eigenvalue weighted by atomic mass is 9.91. The molecule has 0 bridgehead atoms. The highest BCUT2D eigenvalue weighted by molar-refractivity contribution is 5.77. The maximum Gasteiger partial charge on any atom is 0.419 e. The molecular formula is C22H34N2O2. The summed E-state index contributed by atoms with van der Waals surface area (Å²) in [4.78, 5) is 14.9. The predicted molar refractivity (Wildman–Crippen MR) is 108 cm³/mol. The van der Waals surface area contributed by atoms with Gasteiger partial charge in [0.25, 0.3) is 0 Å². The highest BCUT2D eigenvalue weighted by Crippen LogP contribution is 2.25. The Balaban J connectivity index is 1.55. The van der Waals surface area contributed by atoms with Crippen LogP contribution in [0.4, 0.5) is 0 Å². The molecule has 0 spiro atoms. The van der Waals surface area contributed by atoms with Crippen molar-refractivity contribution in [2.24, 2.45) is 5.92 Å². The van der Waals surface area contributed by atoms with Gasteiger partial charge in [0.1, 0.15) is 0 Å². The summed E-state index contributed by atoms with van der Waals surface area (Å²) in [6.07, 6.45) is 7.77. The van der Waals surface area contributed by atoms with Gasteiger partial charge in [0.2, 0.25) is 0 Å². The molecule has 144 valence electrons. The lowest BCUT2D eigenvalue weighted by Gasteiger charge is -2.31. The van der Waals surface area contributed by atoms with E-state index in [2.05, 4.69) is 31.7 Å². The van der Waals surface area contributed by atoms with E-state index in [1.165, 1.54) is 45.2 Å². The van der Waals surface area contributed by atoms with Crippen LogP contribution < -0.4 is 5.76 Å². The number of likely N-dealkylation sites (tertiary alicyclic amines) is 1. The number of aryl methyl sites for hydroxylation is 1. The molecule has 1 aliphatic rings.